The van der Waals surface area contributed by atoms with Crippen molar-refractivity contribution in [2.45, 2.75) is 0 Å². The van der Waals surface area contributed by atoms with Gasteiger partial charge in [-0.15, -0.1) is 0 Å². The van der Waals surface area contributed by atoms with Crippen LogP contribution in [-0.4, -0.2) is 4.98 Å². The molecule has 252 valence electrons. The van der Waals surface area contributed by atoms with Gasteiger partial charge in [-0.2, -0.15) is 0 Å². The second kappa shape index (κ2) is 13.5. The molecule has 54 heavy (non-hydrogen) atoms. The summed E-state index contributed by atoms with van der Waals surface area (Å²) in [6.07, 6.45) is 1.92. The van der Waals surface area contributed by atoms with E-state index in [1.807, 2.05) is 6.20 Å². The summed E-state index contributed by atoms with van der Waals surface area (Å²) in [5.74, 6) is 0. The third-order valence-electron chi connectivity index (χ3n) is 10.7. The Labute approximate surface area is 315 Å². The Morgan fingerprint density at radius 2 is 0.648 bits per heavy atom. The van der Waals surface area contributed by atoms with Gasteiger partial charge in [0.25, 0.3) is 0 Å². The third kappa shape index (κ3) is 5.46. The molecule has 0 fully saturated rings. The lowest BCUT2D eigenvalue weighted by atomic mass is 9.83. The van der Waals surface area contributed by atoms with E-state index >= 15 is 0 Å². The minimum Gasteiger partial charge on any atom is -0.256 e. The van der Waals surface area contributed by atoms with Gasteiger partial charge in [0.05, 0.1) is 5.69 Å². The lowest BCUT2D eigenvalue weighted by Crippen LogP contribution is -1.93. The van der Waals surface area contributed by atoms with Gasteiger partial charge in [0.2, 0.25) is 0 Å². The summed E-state index contributed by atoms with van der Waals surface area (Å²) in [6.45, 7) is 0. The molecule has 0 atom stereocenters. The van der Waals surface area contributed by atoms with Crippen molar-refractivity contribution in [3.05, 3.63) is 212 Å². The Morgan fingerprint density at radius 1 is 0.259 bits per heavy atom. The normalized spacial score (nSPS) is 11.3. The van der Waals surface area contributed by atoms with Gasteiger partial charge in [-0.05, 0) is 101 Å². The van der Waals surface area contributed by atoms with Crippen LogP contribution >= 0.6 is 0 Å². The number of aromatic nitrogens is 1. The molecular weight excluding hydrogens is 651 g/mol. The molecule has 0 saturated carbocycles. The van der Waals surface area contributed by atoms with Crippen LogP contribution in [0.2, 0.25) is 0 Å². The highest BCUT2D eigenvalue weighted by Crippen LogP contribution is 2.46. The third-order valence-corrected chi connectivity index (χ3v) is 10.7. The van der Waals surface area contributed by atoms with Crippen LogP contribution in [0.1, 0.15) is 0 Å². The second-order valence-electron chi connectivity index (χ2n) is 13.8. The highest BCUT2D eigenvalue weighted by molar-refractivity contribution is 6.21. The molecule has 1 heteroatoms. The molecule has 0 unspecified atom stereocenters. The maximum absolute atomic E-state index is 4.87. The molecule has 1 heterocycles. The fraction of sp³-hybridized carbons (Fsp3) is 0. The zero-order valence-corrected chi connectivity index (χ0v) is 29.7. The van der Waals surface area contributed by atoms with E-state index in [-0.39, 0.29) is 0 Å². The summed E-state index contributed by atoms with van der Waals surface area (Å²) >= 11 is 0. The van der Waals surface area contributed by atoms with Crippen LogP contribution < -0.4 is 0 Å². The van der Waals surface area contributed by atoms with Gasteiger partial charge in [0.1, 0.15) is 0 Å². The Morgan fingerprint density at radius 3 is 1.19 bits per heavy atom. The first kappa shape index (κ1) is 31.6. The van der Waals surface area contributed by atoms with E-state index in [0.717, 1.165) is 16.6 Å². The topological polar surface area (TPSA) is 12.9 Å². The highest BCUT2D eigenvalue weighted by atomic mass is 14.7. The van der Waals surface area contributed by atoms with E-state index < -0.39 is 0 Å². The fourth-order valence-corrected chi connectivity index (χ4v) is 8.33. The number of pyridine rings is 1. The zero-order valence-electron chi connectivity index (χ0n) is 29.7. The van der Waals surface area contributed by atoms with E-state index in [2.05, 4.69) is 206 Å². The van der Waals surface area contributed by atoms with Gasteiger partial charge in [-0.3, -0.25) is 4.98 Å². The van der Waals surface area contributed by atoms with Crippen LogP contribution in [0.15, 0.2) is 212 Å². The van der Waals surface area contributed by atoms with Gasteiger partial charge >= 0.3 is 0 Å². The summed E-state index contributed by atoms with van der Waals surface area (Å²) in [7, 11) is 0. The second-order valence-corrected chi connectivity index (χ2v) is 13.8. The van der Waals surface area contributed by atoms with Gasteiger partial charge in [0, 0.05) is 17.1 Å². The predicted octanol–water partition coefficient (Wildman–Crippen LogP) is 14.5. The van der Waals surface area contributed by atoms with Crippen molar-refractivity contribution in [2.75, 3.05) is 0 Å². The smallest absolute Gasteiger partial charge is 0.0780 e. The van der Waals surface area contributed by atoms with E-state index in [9.17, 15) is 0 Å². The first-order chi connectivity index (χ1) is 26.8. The summed E-state index contributed by atoms with van der Waals surface area (Å²) in [6, 6.07) is 74.7. The van der Waals surface area contributed by atoms with Crippen LogP contribution in [0.5, 0.6) is 0 Å². The largest absolute Gasteiger partial charge is 0.256 e. The van der Waals surface area contributed by atoms with E-state index in [4.69, 9.17) is 4.98 Å². The molecular formula is C53H35N. The standard InChI is InChI=1S/C53H35N/c1-3-16-36(17-4-1)43-30-15-31-44(37-18-5-2-6-19-37)50(43)39-21-13-22-40(34-39)51-46-26-9-11-28-48(46)52(49-29-12-10-27-47(49)51)41-23-14-24-42(35-41)53-45-25-8-7-20-38(45)32-33-54-53/h1-35H. The van der Waals surface area contributed by atoms with E-state index in [0.29, 0.717) is 0 Å². The molecule has 1 aromatic heterocycles. The molecule has 0 amide bonds. The van der Waals surface area contributed by atoms with Crippen LogP contribution in [0.4, 0.5) is 0 Å². The molecule has 0 bridgehead atoms. The average molecular weight is 686 g/mol. The van der Waals surface area contributed by atoms with Crippen LogP contribution in [0.25, 0.3) is 99.2 Å². The summed E-state index contributed by atoms with van der Waals surface area (Å²) in [5.41, 5.74) is 14.3. The van der Waals surface area contributed by atoms with Crippen molar-refractivity contribution in [3.63, 3.8) is 0 Å². The average Bonchev–Trinajstić information content (AvgIpc) is 3.25. The molecule has 10 aromatic rings. The molecule has 9 aromatic carbocycles. The van der Waals surface area contributed by atoms with E-state index in [1.54, 1.807) is 0 Å². The van der Waals surface area contributed by atoms with Crippen molar-refractivity contribution in [2.24, 2.45) is 0 Å². The lowest BCUT2D eigenvalue weighted by molar-refractivity contribution is 1.36. The number of nitrogens with zero attached hydrogens (tertiary/aromatic N) is 1. The lowest BCUT2D eigenvalue weighted by Gasteiger charge is -2.20. The van der Waals surface area contributed by atoms with Gasteiger partial charge in [-0.1, -0.05) is 188 Å². The maximum atomic E-state index is 4.87. The summed E-state index contributed by atoms with van der Waals surface area (Å²) in [4.78, 5) is 4.87. The summed E-state index contributed by atoms with van der Waals surface area (Å²) in [5, 5.41) is 7.28. The zero-order chi connectivity index (χ0) is 35.8. The first-order valence-corrected chi connectivity index (χ1v) is 18.5. The van der Waals surface area contributed by atoms with Crippen molar-refractivity contribution >= 4 is 32.3 Å². The number of hydrogen-bond acceptors (Lipinski definition) is 1. The molecule has 0 spiro atoms. The van der Waals surface area contributed by atoms with Crippen LogP contribution in [0, 0.1) is 0 Å². The predicted molar refractivity (Wildman–Crippen MR) is 229 cm³/mol. The molecule has 0 aliphatic heterocycles. The Bertz CT molecular complexity index is 2860. The van der Waals surface area contributed by atoms with Gasteiger partial charge < -0.3 is 0 Å². The summed E-state index contributed by atoms with van der Waals surface area (Å²) < 4.78 is 0. The van der Waals surface area contributed by atoms with Gasteiger partial charge in [0.15, 0.2) is 0 Å². The molecule has 1 nitrogen and oxygen atoms in total. The van der Waals surface area contributed by atoms with Crippen LogP contribution in [0.3, 0.4) is 0 Å². The molecule has 0 saturated heterocycles. The fourth-order valence-electron chi connectivity index (χ4n) is 8.33. The number of rotatable bonds is 6. The monoisotopic (exact) mass is 685 g/mol. The Balaban J connectivity index is 1.20. The first-order valence-electron chi connectivity index (χ1n) is 18.5. The number of benzene rings is 9. The van der Waals surface area contributed by atoms with Crippen molar-refractivity contribution in [3.8, 4) is 66.9 Å². The van der Waals surface area contributed by atoms with Gasteiger partial charge in [-0.25, -0.2) is 0 Å². The minimum absolute atomic E-state index is 1.00. The Kier molecular flexibility index (Phi) is 7.89. The number of hydrogen-bond donors (Lipinski definition) is 0. The molecule has 0 aliphatic carbocycles. The van der Waals surface area contributed by atoms with Crippen molar-refractivity contribution in [1.29, 1.82) is 0 Å². The molecule has 0 radical (unpaired) electrons. The molecule has 10 rings (SSSR count). The minimum atomic E-state index is 1.00. The molecule has 0 N–H and O–H groups in total. The Hall–Kier alpha value is -7.09. The number of fused-ring (bicyclic) bond motifs is 3. The maximum Gasteiger partial charge on any atom is 0.0780 e. The highest BCUT2D eigenvalue weighted by Gasteiger charge is 2.19. The SMILES string of the molecule is c1ccc(-c2cccc(-c3ccccc3)c2-c2cccc(-c3c4ccccc4c(-c4cccc(-c5nccc6ccccc56)c4)c4ccccc34)c2)cc1. The van der Waals surface area contributed by atoms with Crippen molar-refractivity contribution in [1.82, 2.24) is 4.98 Å². The molecule has 0 aliphatic rings. The van der Waals surface area contributed by atoms with E-state index in [1.165, 1.54) is 82.6 Å². The van der Waals surface area contributed by atoms with Crippen LogP contribution in [-0.2, 0) is 0 Å². The quantitative estimate of drug-likeness (QED) is 0.159. The van der Waals surface area contributed by atoms with Crippen molar-refractivity contribution < 1.29 is 0 Å².